The average molecular weight is 410 g/mol. The molecule has 1 heterocycles. The molecule has 1 aliphatic heterocycles. The maximum Gasteiger partial charge on any atom is 0.342 e. The van der Waals surface area contributed by atoms with E-state index in [1.807, 2.05) is 6.92 Å². The summed E-state index contributed by atoms with van der Waals surface area (Å²) in [4.78, 5) is 50.2. The minimum absolute atomic E-state index is 0.0647. The van der Waals surface area contributed by atoms with Gasteiger partial charge in [-0.25, -0.2) is 4.79 Å². The molecule has 0 radical (unpaired) electrons. The number of ether oxygens (including phenoxy) is 1. The molecule has 30 heavy (non-hydrogen) atoms. The highest BCUT2D eigenvalue weighted by Crippen LogP contribution is 2.28. The monoisotopic (exact) mass is 410 g/mol. The smallest absolute Gasteiger partial charge is 0.342 e. The third-order valence-corrected chi connectivity index (χ3v) is 4.71. The van der Waals surface area contributed by atoms with Gasteiger partial charge in [0.2, 0.25) is 0 Å². The van der Waals surface area contributed by atoms with Crippen LogP contribution in [0.25, 0.3) is 0 Å². The second-order valence-electron chi connectivity index (χ2n) is 6.98. The van der Waals surface area contributed by atoms with Gasteiger partial charge in [0.05, 0.1) is 17.7 Å². The second kappa shape index (κ2) is 8.77. The molecule has 3 amide bonds. The van der Waals surface area contributed by atoms with Gasteiger partial charge in [-0.05, 0) is 42.7 Å². The summed E-state index contributed by atoms with van der Waals surface area (Å²) in [5.74, 6) is -2.42. The van der Waals surface area contributed by atoms with E-state index in [1.165, 1.54) is 6.07 Å². The Morgan fingerprint density at radius 2 is 1.73 bits per heavy atom. The van der Waals surface area contributed by atoms with Crippen LogP contribution in [-0.2, 0) is 16.1 Å². The number of carbonyl (C=O) groups excluding carboxylic acids is 4. The molecule has 0 unspecified atom stereocenters. The Labute approximate surface area is 173 Å². The van der Waals surface area contributed by atoms with Gasteiger partial charge in [0.15, 0.2) is 6.61 Å². The van der Waals surface area contributed by atoms with E-state index in [2.05, 4.69) is 5.32 Å². The lowest BCUT2D eigenvalue weighted by atomic mass is 10.0. The minimum Gasteiger partial charge on any atom is -0.507 e. The fourth-order valence-electron chi connectivity index (χ4n) is 3.19. The van der Waals surface area contributed by atoms with Crippen LogP contribution in [0.15, 0.2) is 36.4 Å². The topological polar surface area (TPSA) is 113 Å². The predicted molar refractivity (Wildman–Crippen MR) is 107 cm³/mol. The number of benzene rings is 2. The lowest BCUT2D eigenvalue weighted by molar-refractivity contribution is -0.124. The van der Waals surface area contributed by atoms with E-state index in [4.69, 9.17) is 4.74 Å². The molecule has 3 rings (SSSR count). The molecule has 2 aromatic rings. The van der Waals surface area contributed by atoms with Crippen LogP contribution in [0, 0.1) is 6.92 Å². The van der Waals surface area contributed by atoms with Crippen LogP contribution in [0.1, 0.15) is 55.5 Å². The van der Waals surface area contributed by atoms with Crippen molar-refractivity contribution in [2.24, 2.45) is 0 Å². The van der Waals surface area contributed by atoms with Crippen LogP contribution in [0.2, 0.25) is 0 Å². The lowest BCUT2D eigenvalue weighted by Gasteiger charge is -2.16. The van der Waals surface area contributed by atoms with Gasteiger partial charge in [-0.15, -0.1) is 0 Å². The molecule has 0 atom stereocenters. The number of rotatable bonds is 7. The van der Waals surface area contributed by atoms with Crippen LogP contribution in [0.4, 0.5) is 0 Å². The number of imide groups is 1. The number of fused-ring (bicyclic) bond motifs is 1. The molecule has 0 saturated carbocycles. The van der Waals surface area contributed by atoms with E-state index >= 15 is 0 Å². The van der Waals surface area contributed by atoms with E-state index in [1.54, 1.807) is 37.3 Å². The Morgan fingerprint density at radius 3 is 2.33 bits per heavy atom. The van der Waals surface area contributed by atoms with Crippen LogP contribution >= 0.6 is 0 Å². The molecular weight excluding hydrogens is 388 g/mol. The van der Waals surface area contributed by atoms with Crippen molar-refractivity contribution in [2.45, 2.75) is 26.8 Å². The summed E-state index contributed by atoms with van der Waals surface area (Å²) < 4.78 is 4.98. The minimum atomic E-state index is -0.869. The van der Waals surface area contributed by atoms with Gasteiger partial charge in [-0.2, -0.15) is 0 Å². The molecule has 0 fully saturated rings. The number of phenols is 1. The van der Waals surface area contributed by atoms with Crippen molar-refractivity contribution >= 4 is 23.7 Å². The number of phenolic OH excluding ortho intramolecular Hbond substituents is 1. The first-order chi connectivity index (χ1) is 14.3. The summed E-state index contributed by atoms with van der Waals surface area (Å²) in [7, 11) is 0. The fourth-order valence-corrected chi connectivity index (χ4v) is 3.19. The van der Waals surface area contributed by atoms with Crippen LogP contribution in [-0.4, -0.2) is 46.8 Å². The fraction of sp³-hybridized carbons (Fsp3) is 0.273. The van der Waals surface area contributed by atoms with Gasteiger partial charge in [-0.3, -0.25) is 19.3 Å². The Kier molecular flexibility index (Phi) is 6.15. The van der Waals surface area contributed by atoms with Crippen molar-refractivity contribution in [3.05, 3.63) is 64.2 Å². The van der Waals surface area contributed by atoms with Gasteiger partial charge in [0.1, 0.15) is 11.3 Å². The predicted octanol–water partition coefficient (Wildman–Crippen LogP) is 2.18. The Hall–Kier alpha value is -3.68. The number of aryl methyl sites for hydroxylation is 1. The molecule has 0 saturated heterocycles. The van der Waals surface area contributed by atoms with E-state index in [0.717, 1.165) is 11.3 Å². The molecule has 8 nitrogen and oxygen atoms in total. The summed E-state index contributed by atoms with van der Waals surface area (Å²) in [6.07, 6.45) is 0.750. The zero-order valence-corrected chi connectivity index (χ0v) is 16.7. The van der Waals surface area contributed by atoms with Crippen LogP contribution < -0.4 is 5.32 Å². The van der Waals surface area contributed by atoms with Crippen molar-refractivity contribution in [1.82, 2.24) is 10.2 Å². The quantitative estimate of drug-likeness (QED) is 0.534. The summed E-state index contributed by atoms with van der Waals surface area (Å²) in [6.45, 7) is 3.42. The van der Waals surface area contributed by atoms with Gasteiger partial charge < -0.3 is 15.2 Å². The Bertz CT molecular complexity index is 995. The van der Waals surface area contributed by atoms with Crippen molar-refractivity contribution < 1.29 is 29.0 Å². The largest absolute Gasteiger partial charge is 0.507 e. The molecule has 1 aliphatic rings. The normalized spacial score (nSPS) is 12.7. The average Bonchev–Trinajstić information content (AvgIpc) is 2.98. The maximum atomic E-state index is 12.6. The van der Waals surface area contributed by atoms with Crippen LogP contribution in [0.3, 0.4) is 0 Å². The molecule has 0 aromatic heterocycles. The number of esters is 1. The van der Waals surface area contributed by atoms with E-state index in [9.17, 15) is 24.3 Å². The number of hydrogen-bond acceptors (Lipinski definition) is 6. The molecule has 0 bridgehead atoms. The first-order valence-electron chi connectivity index (χ1n) is 9.55. The van der Waals surface area contributed by atoms with Crippen molar-refractivity contribution in [3.63, 3.8) is 0 Å². The molecule has 156 valence electrons. The van der Waals surface area contributed by atoms with E-state index < -0.39 is 30.3 Å². The number of amides is 3. The zero-order chi connectivity index (χ0) is 21.8. The Morgan fingerprint density at radius 1 is 1.10 bits per heavy atom. The molecule has 0 spiro atoms. The molecular formula is C22H22N2O6. The standard InChI is InChI=1S/C22H22N2O6/c1-3-8-23-18(25)12-30-22(29)17-10-14(9-13(2)19(17)26)11-24-20(27)15-6-4-5-7-16(15)21(24)28/h4-7,9-10,26H,3,8,11-12H2,1-2H3,(H,23,25). The van der Waals surface area contributed by atoms with Crippen molar-refractivity contribution in [2.75, 3.05) is 13.2 Å². The van der Waals surface area contributed by atoms with Gasteiger partial charge in [-0.1, -0.05) is 25.1 Å². The number of hydrogen-bond donors (Lipinski definition) is 2. The van der Waals surface area contributed by atoms with Gasteiger partial charge in [0.25, 0.3) is 17.7 Å². The summed E-state index contributed by atoms with van der Waals surface area (Å²) >= 11 is 0. The molecule has 2 aromatic carbocycles. The number of nitrogens with one attached hydrogen (secondary N) is 1. The summed E-state index contributed by atoms with van der Waals surface area (Å²) in [5, 5.41) is 12.8. The third-order valence-electron chi connectivity index (χ3n) is 4.71. The first-order valence-corrected chi connectivity index (χ1v) is 9.55. The highest BCUT2D eigenvalue weighted by molar-refractivity contribution is 6.21. The highest BCUT2D eigenvalue weighted by atomic mass is 16.5. The third kappa shape index (κ3) is 4.17. The van der Waals surface area contributed by atoms with Crippen molar-refractivity contribution in [3.8, 4) is 5.75 Å². The van der Waals surface area contributed by atoms with E-state index in [0.29, 0.717) is 28.8 Å². The molecule has 8 heteroatoms. The van der Waals surface area contributed by atoms with Crippen molar-refractivity contribution in [1.29, 1.82) is 0 Å². The number of aromatic hydroxyl groups is 1. The lowest BCUT2D eigenvalue weighted by Crippen LogP contribution is -2.30. The molecule has 0 aliphatic carbocycles. The highest BCUT2D eigenvalue weighted by Gasteiger charge is 2.35. The molecule has 2 N–H and O–H groups in total. The second-order valence-corrected chi connectivity index (χ2v) is 6.98. The first kappa shape index (κ1) is 21.0. The number of carbonyl (C=O) groups is 4. The van der Waals surface area contributed by atoms with Gasteiger partial charge >= 0.3 is 5.97 Å². The Balaban J connectivity index is 1.77. The number of nitrogens with zero attached hydrogens (tertiary/aromatic N) is 1. The zero-order valence-electron chi connectivity index (χ0n) is 16.7. The van der Waals surface area contributed by atoms with Gasteiger partial charge in [0, 0.05) is 6.54 Å². The van der Waals surface area contributed by atoms with Crippen LogP contribution in [0.5, 0.6) is 5.75 Å². The SMILES string of the molecule is CCCNC(=O)COC(=O)c1cc(CN2C(=O)c3ccccc3C2=O)cc(C)c1O. The maximum absolute atomic E-state index is 12.6. The summed E-state index contributed by atoms with van der Waals surface area (Å²) in [6, 6.07) is 9.49. The van der Waals surface area contributed by atoms with E-state index in [-0.39, 0.29) is 17.9 Å². The summed E-state index contributed by atoms with van der Waals surface area (Å²) in [5.41, 5.74) is 1.38.